The zero-order chi connectivity index (χ0) is 28.9. The first-order valence-corrected chi connectivity index (χ1v) is 14.1. The number of aryl methyl sites for hydroxylation is 2. The van der Waals surface area contributed by atoms with Gasteiger partial charge in [0.15, 0.2) is 0 Å². The molecule has 3 aromatic rings. The summed E-state index contributed by atoms with van der Waals surface area (Å²) in [6, 6.07) is 10.8. The third-order valence-electron chi connectivity index (χ3n) is 9.19. The number of rotatable bonds is 8. The zero-order valence-corrected chi connectivity index (χ0v) is 22.8. The van der Waals surface area contributed by atoms with Crippen molar-refractivity contribution < 1.29 is 27.9 Å². The molecule has 41 heavy (non-hydrogen) atoms. The first-order chi connectivity index (χ1) is 19.5. The zero-order valence-electron chi connectivity index (χ0n) is 22.8. The number of nitrogens with one attached hydrogen (secondary N) is 3. The normalized spacial score (nSPS) is 24.8. The van der Waals surface area contributed by atoms with E-state index in [1.54, 1.807) is 0 Å². The van der Waals surface area contributed by atoms with E-state index in [4.69, 9.17) is 0 Å². The molecule has 0 radical (unpaired) electrons. The monoisotopic (exact) mass is 566 g/mol. The average molecular weight is 567 g/mol. The summed E-state index contributed by atoms with van der Waals surface area (Å²) in [6.45, 7) is 1.96. The fraction of sp³-hybridized carbons (Fsp3) is 0.452. The summed E-state index contributed by atoms with van der Waals surface area (Å²) in [5.74, 6) is 0.928. The van der Waals surface area contributed by atoms with Crippen LogP contribution in [-0.4, -0.2) is 33.3 Å². The Hall–Kier alpha value is -3.82. The van der Waals surface area contributed by atoms with Crippen LogP contribution in [0.1, 0.15) is 77.0 Å². The molecule has 0 aliphatic heterocycles. The van der Waals surface area contributed by atoms with Crippen molar-refractivity contribution in [3.05, 3.63) is 65.0 Å². The molecule has 1 heterocycles. The van der Waals surface area contributed by atoms with Crippen LogP contribution in [0.15, 0.2) is 42.5 Å². The van der Waals surface area contributed by atoms with E-state index in [1.807, 2.05) is 31.2 Å². The second-order valence-corrected chi connectivity index (χ2v) is 12.3. The lowest BCUT2D eigenvalue weighted by Gasteiger charge is -2.57. The summed E-state index contributed by atoms with van der Waals surface area (Å²) >= 11 is 0. The number of halogens is 3. The van der Waals surface area contributed by atoms with Crippen LogP contribution in [0, 0.1) is 30.1 Å². The SMILES string of the molecule is Cc1ccccc1-c1nc(C(=O)Nc2cc(NC(F)(F)F)cc(C(=O)O)c2)c(CCC23CC4CC(CC(C4)C2)C3)[nH]1. The number of aromatic amines is 1. The number of nitrogens with zero attached hydrogens (tertiary/aromatic N) is 1. The molecule has 1 amide bonds. The third kappa shape index (κ3) is 5.83. The summed E-state index contributed by atoms with van der Waals surface area (Å²) in [5, 5.41) is 13.4. The highest BCUT2D eigenvalue weighted by Gasteiger charge is 2.50. The van der Waals surface area contributed by atoms with Crippen LogP contribution in [-0.2, 0) is 6.42 Å². The first kappa shape index (κ1) is 27.4. The van der Waals surface area contributed by atoms with E-state index < -0.39 is 23.9 Å². The number of aromatic carboxylic acids is 1. The average Bonchev–Trinajstić information content (AvgIpc) is 3.30. The second kappa shape index (κ2) is 10.2. The molecule has 216 valence electrons. The van der Waals surface area contributed by atoms with E-state index in [0.29, 0.717) is 17.9 Å². The Morgan fingerprint density at radius 2 is 1.66 bits per heavy atom. The lowest BCUT2D eigenvalue weighted by Crippen LogP contribution is -2.46. The van der Waals surface area contributed by atoms with Crippen molar-refractivity contribution in [3.8, 4) is 11.4 Å². The van der Waals surface area contributed by atoms with Crippen LogP contribution in [0.5, 0.6) is 0 Å². The smallest absolute Gasteiger partial charge is 0.478 e. The van der Waals surface area contributed by atoms with Crippen LogP contribution < -0.4 is 10.6 Å². The van der Waals surface area contributed by atoms with Gasteiger partial charge in [0.2, 0.25) is 0 Å². The highest BCUT2D eigenvalue weighted by atomic mass is 19.4. The molecule has 7 nitrogen and oxygen atoms in total. The number of carboxylic acid groups (broad SMARTS) is 1. The minimum absolute atomic E-state index is 0.0749. The van der Waals surface area contributed by atoms with Crippen LogP contribution in [0.4, 0.5) is 24.5 Å². The van der Waals surface area contributed by atoms with Gasteiger partial charge in [0.25, 0.3) is 5.91 Å². The molecule has 10 heteroatoms. The minimum atomic E-state index is -4.77. The predicted octanol–water partition coefficient (Wildman–Crippen LogP) is 7.42. The number of amides is 1. The number of benzene rings is 2. The van der Waals surface area contributed by atoms with Crippen molar-refractivity contribution in [2.75, 3.05) is 10.6 Å². The number of hydrogen-bond donors (Lipinski definition) is 4. The summed E-state index contributed by atoms with van der Waals surface area (Å²) in [4.78, 5) is 33.2. The molecule has 4 aliphatic carbocycles. The Morgan fingerprint density at radius 3 is 2.27 bits per heavy atom. The molecule has 2 aromatic carbocycles. The van der Waals surface area contributed by atoms with Gasteiger partial charge in [-0.1, -0.05) is 24.3 Å². The quantitative estimate of drug-likeness (QED) is 0.212. The molecule has 0 atom stereocenters. The maximum absolute atomic E-state index is 13.6. The van der Waals surface area contributed by atoms with Crippen LogP contribution >= 0.6 is 0 Å². The number of aromatic nitrogens is 2. The molecule has 0 unspecified atom stereocenters. The maximum Gasteiger partial charge on any atom is 0.482 e. The Labute approximate surface area is 236 Å². The van der Waals surface area contributed by atoms with Crippen LogP contribution in [0.25, 0.3) is 11.4 Å². The van der Waals surface area contributed by atoms with E-state index in [-0.39, 0.29) is 22.4 Å². The predicted molar refractivity (Wildman–Crippen MR) is 149 cm³/mol. The van der Waals surface area contributed by atoms with Crippen molar-refractivity contribution >= 4 is 23.3 Å². The van der Waals surface area contributed by atoms with Gasteiger partial charge in [-0.05, 0) is 105 Å². The van der Waals surface area contributed by atoms with Gasteiger partial charge in [-0.2, -0.15) is 13.2 Å². The largest absolute Gasteiger partial charge is 0.482 e. The molecule has 4 saturated carbocycles. The number of alkyl halides is 3. The Morgan fingerprint density at radius 1 is 1.02 bits per heavy atom. The number of hydrogen-bond acceptors (Lipinski definition) is 4. The second-order valence-electron chi connectivity index (χ2n) is 12.3. The Balaban J connectivity index is 1.30. The van der Waals surface area contributed by atoms with Gasteiger partial charge in [0.05, 0.1) is 5.56 Å². The number of H-pyrrole nitrogens is 1. The Bertz CT molecular complexity index is 1460. The molecule has 0 spiro atoms. The third-order valence-corrected chi connectivity index (χ3v) is 9.19. The number of carboxylic acids is 1. The fourth-order valence-electron chi connectivity index (χ4n) is 7.98. The molecule has 4 aliphatic rings. The summed E-state index contributed by atoms with van der Waals surface area (Å²) in [5.41, 5.74) is 2.01. The van der Waals surface area contributed by atoms with Gasteiger partial charge in [-0.3, -0.25) is 10.1 Å². The molecule has 7 rings (SSSR count). The molecular weight excluding hydrogens is 533 g/mol. The van der Waals surface area contributed by atoms with Crippen molar-refractivity contribution in [2.45, 2.75) is 64.6 Å². The Kier molecular flexibility index (Phi) is 6.82. The standard InChI is InChI=1S/C31H33F3N4O3/c1-17-4-2-3-5-24(17)27-36-25(6-7-30-14-18-8-19(15-30)10-20(9-18)16-30)26(37-27)28(39)35-22-11-21(29(40)41)12-23(13-22)38-31(32,33)34/h2-5,11-13,18-20,38H,6-10,14-16H2,1H3,(H,35,39)(H,36,37)(H,40,41). The van der Waals surface area contributed by atoms with Gasteiger partial charge in [-0.25, -0.2) is 9.78 Å². The molecule has 4 N–H and O–H groups in total. The number of anilines is 2. The van der Waals surface area contributed by atoms with Crippen LogP contribution in [0.3, 0.4) is 0 Å². The van der Waals surface area contributed by atoms with Crippen molar-refractivity contribution in [2.24, 2.45) is 23.2 Å². The van der Waals surface area contributed by atoms with E-state index >= 15 is 0 Å². The van der Waals surface area contributed by atoms with Crippen molar-refractivity contribution in [3.63, 3.8) is 0 Å². The lowest BCUT2D eigenvalue weighted by molar-refractivity contribution is -0.0999. The van der Waals surface area contributed by atoms with Gasteiger partial charge in [0.1, 0.15) is 11.5 Å². The van der Waals surface area contributed by atoms with Gasteiger partial charge < -0.3 is 15.4 Å². The lowest BCUT2D eigenvalue weighted by atomic mass is 9.48. The summed E-state index contributed by atoms with van der Waals surface area (Å²) < 4.78 is 38.9. The maximum atomic E-state index is 13.6. The molecule has 4 bridgehead atoms. The molecule has 4 fully saturated rings. The molecular formula is C31H33F3N4O3. The van der Waals surface area contributed by atoms with E-state index in [2.05, 4.69) is 15.3 Å². The van der Waals surface area contributed by atoms with Crippen LogP contribution in [0.2, 0.25) is 0 Å². The minimum Gasteiger partial charge on any atom is -0.478 e. The van der Waals surface area contributed by atoms with E-state index in [1.165, 1.54) is 43.8 Å². The highest BCUT2D eigenvalue weighted by molar-refractivity contribution is 6.05. The van der Waals surface area contributed by atoms with Gasteiger partial charge >= 0.3 is 12.3 Å². The van der Waals surface area contributed by atoms with Gasteiger partial charge in [0, 0.05) is 22.6 Å². The topological polar surface area (TPSA) is 107 Å². The van der Waals surface area contributed by atoms with E-state index in [9.17, 15) is 27.9 Å². The molecule has 1 aromatic heterocycles. The first-order valence-electron chi connectivity index (χ1n) is 14.1. The van der Waals surface area contributed by atoms with E-state index in [0.717, 1.165) is 53.5 Å². The fourth-order valence-corrected chi connectivity index (χ4v) is 7.98. The van der Waals surface area contributed by atoms with Crippen molar-refractivity contribution in [1.82, 2.24) is 9.97 Å². The molecule has 0 saturated heterocycles. The van der Waals surface area contributed by atoms with Crippen molar-refractivity contribution in [1.29, 1.82) is 0 Å². The number of carbonyl (C=O) groups excluding carboxylic acids is 1. The van der Waals surface area contributed by atoms with Gasteiger partial charge in [-0.15, -0.1) is 0 Å². The number of imidazole rings is 1. The number of carbonyl (C=O) groups is 2. The summed E-state index contributed by atoms with van der Waals surface area (Å²) in [7, 11) is 0. The highest BCUT2D eigenvalue weighted by Crippen LogP contribution is 2.61. The summed E-state index contributed by atoms with van der Waals surface area (Å²) in [6.07, 6.45) is 4.53.